The fourth-order valence-electron chi connectivity index (χ4n) is 3.69. The van der Waals surface area contributed by atoms with Crippen molar-refractivity contribution in [2.45, 2.75) is 25.7 Å². The number of ether oxygens (including phenoxy) is 1. The Morgan fingerprint density at radius 2 is 1.59 bits per heavy atom. The summed E-state index contributed by atoms with van der Waals surface area (Å²) in [5, 5.41) is 0. The summed E-state index contributed by atoms with van der Waals surface area (Å²) in [6.07, 6.45) is 5.44. The Labute approximate surface area is 155 Å². The van der Waals surface area contributed by atoms with Crippen molar-refractivity contribution in [3.05, 3.63) is 82.0 Å². The molecule has 0 saturated heterocycles. The predicted molar refractivity (Wildman–Crippen MR) is 101 cm³/mol. The van der Waals surface area contributed by atoms with Crippen LogP contribution in [0.15, 0.2) is 59.5 Å². The predicted octanol–water partition coefficient (Wildman–Crippen LogP) is 4.83. The maximum absolute atomic E-state index is 13.4. The molecule has 1 aliphatic rings. The number of halogens is 2. The first-order chi connectivity index (χ1) is 13.2. The number of fused-ring (bicyclic) bond motifs is 1. The Morgan fingerprint density at radius 3 is 2.26 bits per heavy atom. The van der Waals surface area contributed by atoms with E-state index in [9.17, 15) is 13.6 Å². The highest BCUT2D eigenvalue weighted by atomic mass is 19.1. The summed E-state index contributed by atoms with van der Waals surface area (Å²) < 4.78 is 32.1. The van der Waals surface area contributed by atoms with E-state index >= 15 is 0 Å². The van der Waals surface area contributed by atoms with Crippen LogP contribution >= 0.6 is 0 Å². The highest BCUT2D eigenvalue weighted by Crippen LogP contribution is 2.31. The summed E-state index contributed by atoms with van der Waals surface area (Å²) in [6, 6.07) is 13.1. The number of hydrogen-bond acceptors (Lipinski definition) is 2. The summed E-state index contributed by atoms with van der Waals surface area (Å²) >= 11 is 0. The van der Waals surface area contributed by atoms with E-state index in [-0.39, 0.29) is 11.4 Å². The summed E-state index contributed by atoms with van der Waals surface area (Å²) in [4.78, 5) is 13.1. The molecule has 1 aromatic heterocycles. The number of benzene rings is 2. The molecule has 0 N–H and O–H groups in total. The fourth-order valence-corrected chi connectivity index (χ4v) is 3.69. The molecule has 0 atom stereocenters. The van der Waals surface area contributed by atoms with Gasteiger partial charge in [0.05, 0.1) is 0 Å². The van der Waals surface area contributed by atoms with E-state index in [1.165, 1.54) is 12.1 Å². The van der Waals surface area contributed by atoms with Crippen molar-refractivity contribution in [3.63, 3.8) is 0 Å². The molecule has 5 heteroatoms. The molecule has 0 radical (unpaired) electrons. The lowest BCUT2D eigenvalue weighted by Crippen LogP contribution is -2.26. The lowest BCUT2D eigenvalue weighted by Gasteiger charge is -2.21. The molecule has 0 spiro atoms. The third-order valence-electron chi connectivity index (χ3n) is 5.02. The lowest BCUT2D eigenvalue weighted by atomic mass is 9.87. The third-order valence-corrected chi connectivity index (χ3v) is 5.02. The summed E-state index contributed by atoms with van der Waals surface area (Å²) in [5.41, 5.74) is 4.38. The minimum Gasteiger partial charge on any atom is -0.463 e. The maximum Gasteiger partial charge on any atom is 0.258 e. The van der Waals surface area contributed by atoms with Gasteiger partial charge >= 0.3 is 0 Å². The van der Waals surface area contributed by atoms with Crippen molar-refractivity contribution < 1.29 is 13.5 Å². The number of hydrogen-bond donors (Lipinski definition) is 0. The van der Waals surface area contributed by atoms with Gasteiger partial charge in [-0.25, -0.2) is 8.78 Å². The average molecular weight is 367 g/mol. The molecule has 3 nitrogen and oxygen atoms in total. The summed E-state index contributed by atoms with van der Waals surface area (Å²) in [5.74, 6) is 0.121. The van der Waals surface area contributed by atoms with Gasteiger partial charge in [-0.1, -0.05) is 12.1 Å². The molecule has 27 heavy (non-hydrogen) atoms. The van der Waals surface area contributed by atoms with Crippen molar-refractivity contribution in [1.29, 1.82) is 0 Å². The minimum absolute atomic E-state index is 0.0327. The number of rotatable bonds is 4. The number of nitrogens with zero attached hydrogens (tertiary/aromatic N) is 1. The molecule has 0 amide bonds. The van der Waals surface area contributed by atoms with E-state index in [2.05, 4.69) is 0 Å². The molecule has 2 aromatic carbocycles. The molecule has 1 aliphatic carbocycles. The van der Waals surface area contributed by atoms with Gasteiger partial charge in [-0.2, -0.15) is 0 Å². The Hall–Kier alpha value is -2.95. The second kappa shape index (κ2) is 7.35. The van der Waals surface area contributed by atoms with Crippen LogP contribution in [0.1, 0.15) is 24.0 Å². The van der Waals surface area contributed by atoms with Gasteiger partial charge in [-0.05, 0) is 73.2 Å². The molecule has 0 aliphatic heterocycles. The third kappa shape index (κ3) is 3.37. The molecular formula is C22H19F2NO2. The summed E-state index contributed by atoms with van der Waals surface area (Å²) in [6.45, 7) is -0.896. The van der Waals surface area contributed by atoms with Crippen LogP contribution in [0.3, 0.4) is 0 Å². The first kappa shape index (κ1) is 17.5. The SMILES string of the molecule is O=c1c2c(c(-c3ccc(F)cc3)cn1-c1ccc(OCF)cc1)CCCC2. The van der Waals surface area contributed by atoms with Gasteiger partial charge in [0.15, 0.2) is 0 Å². The Bertz CT molecular complexity index is 1010. The van der Waals surface area contributed by atoms with Crippen LogP contribution in [-0.2, 0) is 12.8 Å². The van der Waals surface area contributed by atoms with E-state index in [0.717, 1.165) is 47.9 Å². The molecule has 4 rings (SSSR count). The van der Waals surface area contributed by atoms with Crippen LogP contribution in [0.5, 0.6) is 5.75 Å². The zero-order valence-corrected chi connectivity index (χ0v) is 14.8. The van der Waals surface area contributed by atoms with Crippen LogP contribution in [0, 0.1) is 5.82 Å². The van der Waals surface area contributed by atoms with Gasteiger partial charge in [-0.3, -0.25) is 9.36 Å². The molecule has 1 heterocycles. The van der Waals surface area contributed by atoms with Crippen LogP contribution in [0.4, 0.5) is 8.78 Å². The zero-order chi connectivity index (χ0) is 18.8. The number of aromatic nitrogens is 1. The van der Waals surface area contributed by atoms with Gasteiger partial charge in [-0.15, -0.1) is 0 Å². The minimum atomic E-state index is -0.896. The maximum atomic E-state index is 13.4. The first-order valence-electron chi connectivity index (χ1n) is 9.00. The molecule has 0 fully saturated rings. The van der Waals surface area contributed by atoms with Gasteiger partial charge in [0.1, 0.15) is 11.6 Å². The number of pyridine rings is 1. The highest BCUT2D eigenvalue weighted by Gasteiger charge is 2.20. The standard InChI is InChI=1S/C22H19F2NO2/c23-14-27-18-11-9-17(10-12-18)25-13-21(15-5-7-16(24)8-6-15)19-3-1-2-4-20(19)22(25)26/h5-13H,1-4,14H2. The van der Waals surface area contributed by atoms with Gasteiger partial charge < -0.3 is 4.74 Å². The Balaban J connectivity index is 1.88. The van der Waals surface area contributed by atoms with Gasteiger partial charge in [0, 0.05) is 23.0 Å². The number of alkyl halides is 1. The van der Waals surface area contributed by atoms with Gasteiger partial charge in [0.2, 0.25) is 6.86 Å². The molecule has 0 saturated carbocycles. The average Bonchev–Trinajstić information content (AvgIpc) is 2.70. The summed E-state index contributed by atoms with van der Waals surface area (Å²) in [7, 11) is 0. The molecular weight excluding hydrogens is 348 g/mol. The topological polar surface area (TPSA) is 31.2 Å². The largest absolute Gasteiger partial charge is 0.463 e. The first-order valence-corrected chi connectivity index (χ1v) is 9.00. The fraction of sp³-hybridized carbons (Fsp3) is 0.227. The van der Waals surface area contributed by atoms with Crippen molar-refractivity contribution >= 4 is 0 Å². The monoisotopic (exact) mass is 367 g/mol. The van der Waals surface area contributed by atoms with Crippen molar-refractivity contribution in [2.75, 3.05) is 6.86 Å². The van der Waals surface area contributed by atoms with Crippen LogP contribution in [-0.4, -0.2) is 11.4 Å². The van der Waals surface area contributed by atoms with Crippen molar-refractivity contribution in [3.8, 4) is 22.6 Å². The molecule has 0 bridgehead atoms. The normalized spacial score (nSPS) is 13.3. The van der Waals surface area contributed by atoms with Crippen LogP contribution in [0.25, 0.3) is 16.8 Å². The van der Waals surface area contributed by atoms with E-state index in [0.29, 0.717) is 11.4 Å². The van der Waals surface area contributed by atoms with E-state index in [4.69, 9.17) is 4.74 Å². The van der Waals surface area contributed by atoms with Crippen molar-refractivity contribution in [1.82, 2.24) is 4.57 Å². The van der Waals surface area contributed by atoms with E-state index in [1.54, 1.807) is 41.0 Å². The molecule has 3 aromatic rings. The second-order valence-corrected chi connectivity index (χ2v) is 6.64. The Kier molecular flexibility index (Phi) is 4.75. The van der Waals surface area contributed by atoms with Crippen LogP contribution in [0.2, 0.25) is 0 Å². The highest BCUT2D eigenvalue weighted by molar-refractivity contribution is 5.69. The smallest absolute Gasteiger partial charge is 0.258 e. The van der Waals surface area contributed by atoms with Gasteiger partial charge in [0.25, 0.3) is 5.56 Å². The lowest BCUT2D eigenvalue weighted by molar-refractivity contribution is 0.192. The van der Waals surface area contributed by atoms with E-state index < -0.39 is 6.86 Å². The zero-order valence-electron chi connectivity index (χ0n) is 14.8. The molecule has 138 valence electrons. The Morgan fingerprint density at radius 1 is 0.926 bits per heavy atom. The quantitative estimate of drug-likeness (QED) is 0.661. The second-order valence-electron chi connectivity index (χ2n) is 6.64. The molecule has 0 unspecified atom stereocenters. The van der Waals surface area contributed by atoms with Crippen molar-refractivity contribution in [2.24, 2.45) is 0 Å². The van der Waals surface area contributed by atoms with E-state index in [1.807, 2.05) is 6.20 Å². The van der Waals surface area contributed by atoms with Crippen LogP contribution < -0.4 is 10.3 Å².